The number of carbonyl (C=O) groups is 3. The number of rotatable bonds is 10. The third-order valence-corrected chi connectivity index (χ3v) is 5.66. The van der Waals surface area contributed by atoms with Crippen molar-refractivity contribution in [1.82, 2.24) is 10.6 Å². The Morgan fingerprint density at radius 3 is 2.15 bits per heavy atom. The van der Waals surface area contributed by atoms with Gasteiger partial charge in [-0.2, -0.15) is 0 Å². The molecule has 0 heterocycles. The van der Waals surface area contributed by atoms with Crippen LogP contribution in [0.4, 0.5) is 4.79 Å². The summed E-state index contributed by atoms with van der Waals surface area (Å²) in [7, 11) is 0. The summed E-state index contributed by atoms with van der Waals surface area (Å²) in [6.07, 6.45) is 0.106. The van der Waals surface area contributed by atoms with E-state index in [-0.39, 0.29) is 18.9 Å². The Balaban J connectivity index is 1.67. The summed E-state index contributed by atoms with van der Waals surface area (Å²) in [6, 6.07) is 13.3. The molecule has 2 aromatic carbocycles. The highest BCUT2D eigenvalue weighted by atomic mass is 16.5. The lowest BCUT2D eigenvalue weighted by atomic mass is 9.98. The molecule has 0 aromatic heterocycles. The lowest BCUT2D eigenvalue weighted by Gasteiger charge is -2.22. The lowest BCUT2D eigenvalue weighted by Crippen LogP contribution is -2.54. The molecule has 0 spiro atoms. The third-order valence-electron chi connectivity index (χ3n) is 5.66. The van der Waals surface area contributed by atoms with Crippen LogP contribution in [0.2, 0.25) is 0 Å². The lowest BCUT2D eigenvalue weighted by molar-refractivity contribution is -0.145. The van der Waals surface area contributed by atoms with Crippen molar-refractivity contribution in [1.29, 1.82) is 0 Å². The number of carboxylic acids is 1. The molecule has 3 atom stereocenters. The van der Waals surface area contributed by atoms with E-state index in [4.69, 9.17) is 4.74 Å². The molecule has 3 rings (SSSR count). The van der Waals surface area contributed by atoms with E-state index in [0.717, 1.165) is 22.3 Å². The number of aliphatic hydroxyl groups is 1. The number of amides is 2. The topological polar surface area (TPSA) is 125 Å². The predicted octanol–water partition coefficient (Wildman–Crippen LogP) is 2.81. The van der Waals surface area contributed by atoms with Crippen LogP contribution in [0.3, 0.4) is 0 Å². The summed E-state index contributed by atoms with van der Waals surface area (Å²) in [6.45, 7) is 4.96. The molecule has 2 amide bonds. The smallest absolute Gasteiger partial charge is 0.407 e. The van der Waals surface area contributed by atoms with Crippen molar-refractivity contribution in [3.8, 4) is 11.1 Å². The number of benzene rings is 2. The largest absolute Gasteiger partial charge is 0.480 e. The number of nitrogens with one attached hydrogen (secondary N) is 2. The molecule has 0 saturated carbocycles. The van der Waals surface area contributed by atoms with Gasteiger partial charge in [-0.25, -0.2) is 9.59 Å². The second kappa shape index (κ2) is 10.8. The van der Waals surface area contributed by atoms with Crippen molar-refractivity contribution in [2.45, 2.75) is 43.9 Å². The van der Waals surface area contributed by atoms with Crippen LogP contribution in [-0.4, -0.2) is 53.0 Å². The van der Waals surface area contributed by atoms with E-state index in [9.17, 15) is 24.6 Å². The standard InChI is InChI=1S/C25H28N2O6/c1-3-4-13-21(23(29)27-22(15(2)28)24(30)31)26-25(32)33-14-20-18-11-7-5-9-16(18)17-10-6-8-12-19(17)20/h3,5-12,15,20-22,28H,1,4,13-14H2,2H3,(H,26,32)(H,27,29)(H,30,31)/t15-,21?,22+/m1/s1. The van der Waals surface area contributed by atoms with E-state index in [1.165, 1.54) is 6.92 Å². The minimum atomic E-state index is -1.49. The van der Waals surface area contributed by atoms with Gasteiger partial charge >= 0.3 is 12.1 Å². The Kier molecular flexibility index (Phi) is 7.84. The summed E-state index contributed by atoms with van der Waals surface area (Å²) >= 11 is 0. The van der Waals surface area contributed by atoms with Gasteiger partial charge in [0, 0.05) is 5.92 Å². The number of alkyl carbamates (subject to hydrolysis) is 1. The number of aliphatic carboxylic acids is 1. The third kappa shape index (κ3) is 5.59. The van der Waals surface area contributed by atoms with Crippen LogP contribution in [0.25, 0.3) is 11.1 Å². The van der Waals surface area contributed by atoms with Gasteiger partial charge in [-0.05, 0) is 42.0 Å². The highest BCUT2D eigenvalue weighted by molar-refractivity contribution is 5.89. The van der Waals surface area contributed by atoms with Crippen molar-refractivity contribution >= 4 is 18.0 Å². The fourth-order valence-electron chi connectivity index (χ4n) is 3.98. The zero-order chi connectivity index (χ0) is 24.0. The maximum absolute atomic E-state index is 12.6. The monoisotopic (exact) mass is 452 g/mol. The van der Waals surface area contributed by atoms with Gasteiger partial charge in [-0.3, -0.25) is 4.79 Å². The van der Waals surface area contributed by atoms with E-state index in [1.807, 2.05) is 48.5 Å². The number of carboxylic acid groups (broad SMARTS) is 1. The summed E-state index contributed by atoms with van der Waals surface area (Å²) < 4.78 is 5.48. The zero-order valence-corrected chi connectivity index (χ0v) is 18.4. The molecule has 8 heteroatoms. The molecule has 4 N–H and O–H groups in total. The van der Waals surface area contributed by atoms with Crippen LogP contribution >= 0.6 is 0 Å². The molecule has 0 bridgehead atoms. The normalized spacial score (nSPS) is 14.8. The number of hydrogen-bond donors (Lipinski definition) is 4. The molecule has 0 fully saturated rings. The molecule has 33 heavy (non-hydrogen) atoms. The van der Waals surface area contributed by atoms with Crippen molar-refractivity contribution in [2.24, 2.45) is 0 Å². The molecule has 1 aliphatic carbocycles. The highest BCUT2D eigenvalue weighted by Crippen LogP contribution is 2.44. The molecule has 8 nitrogen and oxygen atoms in total. The second-order valence-electron chi connectivity index (χ2n) is 7.95. The summed E-state index contributed by atoms with van der Waals surface area (Å²) in [5.41, 5.74) is 4.33. The van der Waals surface area contributed by atoms with Gasteiger partial charge < -0.3 is 25.6 Å². The number of aliphatic hydroxyl groups excluding tert-OH is 1. The first-order chi connectivity index (χ1) is 15.8. The zero-order valence-electron chi connectivity index (χ0n) is 18.4. The Bertz CT molecular complexity index is 990. The van der Waals surface area contributed by atoms with Gasteiger partial charge in [-0.1, -0.05) is 54.6 Å². The minimum Gasteiger partial charge on any atom is -0.480 e. The van der Waals surface area contributed by atoms with Gasteiger partial charge in [0.15, 0.2) is 6.04 Å². The summed E-state index contributed by atoms with van der Waals surface area (Å²) in [5.74, 6) is -2.23. The predicted molar refractivity (Wildman–Crippen MR) is 123 cm³/mol. The van der Waals surface area contributed by atoms with Crippen molar-refractivity contribution in [2.75, 3.05) is 6.61 Å². The number of allylic oxidation sites excluding steroid dienone is 1. The molecule has 0 saturated heterocycles. The molecule has 0 radical (unpaired) electrons. The number of carbonyl (C=O) groups excluding carboxylic acids is 2. The van der Waals surface area contributed by atoms with Crippen LogP contribution in [0, 0.1) is 0 Å². The maximum atomic E-state index is 12.6. The fourth-order valence-corrected chi connectivity index (χ4v) is 3.98. The van der Waals surface area contributed by atoms with Crippen LogP contribution < -0.4 is 10.6 Å². The van der Waals surface area contributed by atoms with E-state index in [1.54, 1.807) is 6.08 Å². The average Bonchev–Trinajstić information content (AvgIpc) is 3.12. The SMILES string of the molecule is C=CCCC(NC(=O)OCC1c2ccccc2-c2ccccc21)C(=O)N[C@H](C(=O)O)[C@@H](C)O. The molecular weight excluding hydrogens is 424 g/mol. The molecule has 0 aliphatic heterocycles. The van der Waals surface area contributed by atoms with Crippen LogP contribution in [0.15, 0.2) is 61.2 Å². The second-order valence-corrected chi connectivity index (χ2v) is 7.95. The quantitative estimate of drug-likeness (QED) is 0.411. The van der Waals surface area contributed by atoms with Crippen molar-refractivity contribution in [3.05, 3.63) is 72.3 Å². The van der Waals surface area contributed by atoms with Gasteiger partial charge in [0.25, 0.3) is 0 Å². The Hall–Kier alpha value is -3.65. The first-order valence-corrected chi connectivity index (χ1v) is 10.8. The van der Waals surface area contributed by atoms with Crippen LogP contribution in [-0.2, 0) is 14.3 Å². The average molecular weight is 453 g/mol. The van der Waals surface area contributed by atoms with Gasteiger partial charge in [0.2, 0.25) is 5.91 Å². The summed E-state index contributed by atoms with van der Waals surface area (Å²) in [4.78, 5) is 36.4. The Labute approximate surface area is 192 Å². The maximum Gasteiger partial charge on any atom is 0.407 e. The van der Waals surface area contributed by atoms with Gasteiger partial charge in [0.1, 0.15) is 12.6 Å². The highest BCUT2D eigenvalue weighted by Gasteiger charge is 2.31. The van der Waals surface area contributed by atoms with E-state index in [0.29, 0.717) is 6.42 Å². The molecule has 1 aliphatic rings. The van der Waals surface area contributed by atoms with Crippen molar-refractivity contribution < 1.29 is 29.3 Å². The molecule has 2 aromatic rings. The van der Waals surface area contributed by atoms with Gasteiger partial charge in [0.05, 0.1) is 6.10 Å². The van der Waals surface area contributed by atoms with E-state index in [2.05, 4.69) is 17.2 Å². The first kappa shape index (κ1) is 24.0. The first-order valence-electron chi connectivity index (χ1n) is 10.8. The van der Waals surface area contributed by atoms with Crippen LogP contribution in [0.1, 0.15) is 36.8 Å². The molecule has 174 valence electrons. The fraction of sp³-hybridized carbons (Fsp3) is 0.320. The number of hydrogen-bond acceptors (Lipinski definition) is 5. The summed E-state index contributed by atoms with van der Waals surface area (Å²) in [5, 5.41) is 23.6. The van der Waals surface area contributed by atoms with Gasteiger partial charge in [-0.15, -0.1) is 6.58 Å². The van der Waals surface area contributed by atoms with E-state index < -0.39 is 36.2 Å². The molecular formula is C25H28N2O6. The van der Waals surface area contributed by atoms with E-state index >= 15 is 0 Å². The number of ether oxygens (including phenoxy) is 1. The van der Waals surface area contributed by atoms with Crippen LogP contribution in [0.5, 0.6) is 0 Å². The Morgan fingerprint density at radius 2 is 1.64 bits per heavy atom. The molecule has 1 unspecified atom stereocenters. The van der Waals surface area contributed by atoms with Crippen molar-refractivity contribution in [3.63, 3.8) is 0 Å². The minimum absolute atomic E-state index is 0.0844. The Morgan fingerprint density at radius 1 is 1.06 bits per heavy atom. The number of fused-ring (bicyclic) bond motifs is 3.